The molecule has 0 amide bonds. The van der Waals surface area contributed by atoms with Crippen LogP contribution in [0.5, 0.6) is 0 Å². The van der Waals surface area contributed by atoms with Crippen molar-refractivity contribution in [1.82, 2.24) is 19.6 Å². The molecule has 0 bridgehead atoms. The topological polar surface area (TPSA) is 136 Å². The summed E-state index contributed by atoms with van der Waals surface area (Å²) in [6.07, 6.45) is 24.8. The lowest BCUT2D eigenvalue weighted by molar-refractivity contribution is 0.109. The van der Waals surface area contributed by atoms with Gasteiger partial charge >= 0.3 is 0 Å². The summed E-state index contributed by atoms with van der Waals surface area (Å²) >= 11 is 0. The maximum absolute atomic E-state index is 13.0. The molecular weight excluding hydrogens is 746 g/mol. The van der Waals surface area contributed by atoms with Crippen molar-refractivity contribution < 1.29 is 9.40 Å². The van der Waals surface area contributed by atoms with Crippen LogP contribution >= 0.6 is 7.14 Å². The van der Waals surface area contributed by atoms with Crippen molar-refractivity contribution in [2.45, 2.75) is 149 Å². The third-order valence-corrected chi connectivity index (χ3v) is 12.9. The highest BCUT2D eigenvalue weighted by Crippen LogP contribution is 2.37. The van der Waals surface area contributed by atoms with E-state index in [1.807, 2.05) is 22.9 Å². The summed E-state index contributed by atoms with van der Waals surface area (Å²) in [4.78, 5) is 46.1. The van der Waals surface area contributed by atoms with Gasteiger partial charge in [-0.25, -0.2) is 9.97 Å². The average molecular weight is 822 g/mol. The quantitative estimate of drug-likeness (QED) is 0.0279. The fourth-order valence-electron chi connectivity index (χ4n) is 7.86. The summed E-state index contributed by atoms with van der Waals surface area (Å²) in [6.45, 7) is 11.3. The summed E-state index contributed by atoms with van der Waals surface area (Å²) in [6, 6.07) is 5.72. The first-order valence-corrected chi connectivity index (χ1v) is 25.3. The second kappa shape index (κ2) is 24.6. The first-order chi connectivity index (χ1) is 28.0. The number of nitrogens with two attached hydrogens (primary N) is 1. The van der Waals surface area contributed by atoms with Gasteiger partial charge in [-0.15, -0.1) is 0 Å². The van der Waals surface area contributed by atoms with Crippen molar-refractivity contribution in [1.29, 1.82) is 0 Å². The van der Waals surface area contributed by atoms with Gasteiger partial charge in [0.1, 0.15) is 42.0 Å². The number of imidazole rings is 1. The van der Waals surface area contributed by atoms with Crippen molar-refractivity contribution in [3.8, 4) is 0 Å². The molecular formula is C46H76N7O4P. The van der Waals surface area contributed by atoms with Gasteiger partial charge < -0.3 is 30.3 Å². The summed E-state index contributed by atoms with van der Waals surface area (Å²) < 4.78 is 14.7. The highest BCUT2D eigenvalue weighted by molar-refractivity contribution is 7.70. The Kier molecular flexibility index (Phi) is 20.0. The molecule has 2 aromatic carbocycles. The van der Waals surface area contributed by atoms with E-state index >= 15 is 0 Å². The van der Waals surface area contributed by atoms with Gasteiger partial charge in [-0.05, 0) is 78.2 Å². The van der Waals surface area contributed by atoms with Crippen LogP contribution in [0, 0.1) is 0 Å². The number of hydrogen-bond acceptors (Lipinski definition) is 10. The molecule has 0 fully saturated rings. The molecule has 0 aliphatic rings. The van der Waals surface area contributed by atoms with Crippen LogP contribution in [0.1, 0.15) is 148 Å². The fourth-order valence-corrected chi connectivity index (χ4v) is 8.73. The summed E-state index contributed by atoms with van der Waals surface area (Å²) in [7, 11) is 1.61. The number of nitrogens with one attached hydrogen (secondary N) is 1. The molecule has 324 valence electrons. The number of anilines is 3. The van der Waals surface area contributed by atoms with Crippen molar-refractivity contribution in [2.24, 2.45) is 0 Å². The molecule has 12 heteroatoms. The van der Waals surface area contributed by atoms with Crippen LogP contribution in [0.3, 0.4) is 0 Å². The van der Waals surface area contributed by atoms with Gasteiger partial charge in [0, 0.05) is 36.7 Å². The van der Waals surface area contributed by atoms with Gasteiger partial charge in [0.05, 0.1) is 5.52 Å². The smallest absolute Gasteiger partial charge is 0.253 e. The molecule has 4 aromatic rings. The van der Waals surface area contributed by atoms with Gasteiger partial charge in [0.15, 0.2) is 5.82 Å². The minimum atomic E-state index is -2.49. The Morgan fingerprint density at radius 2 is 1.34 bits per heavy atom. The molecule has 2 aromatic heterocycles. The molecule has 0 atom stereocenters. The molecule has 3 N–H and O–H groups in total. The molecule has 0 aliphatic heterocycles. The second-order valence-corrected chi connectivity index (χ2v) is 20.3. The molecule has 4 rings (SSSR count). The number of hydrogen-bond donors (Lipinski definition) is 2. The number of pyridine rings is 1. The Morgan fingerprint density at radius 1 is 0.741 bits per heavy atom. The van der Waals surface area contributed by atoms with Crippen molar-refractivity contribution in [3.05, 3.63) is 44.5 Å². The van der Waals surface area contributed by atoms with Gasteiger partial charge in [-0.2, -0.15) is 4.73 Å². The summed E-state index contributed by atoms with van der Waals surface area (Å²) in [5, 5.41) is 4.97. The van der Waals surface area contributed by atoms with Crippen molar-refractivity contribution in [3.63, 3.8) is 0 Å². The van der Waals surface area contributed by atoms with Crippen LogP contribution in [0.4, 0.5) is 17.2 Å². The predicted octanol–water partition coefficient (Wildman–Crippen LogP) is 9.30. The lowest BCUT2D eigenvalue weighted by Crippen LogP contribution is -2.44. The van der Waals surface area contributed by atoms with Gasteiger partial charge in [0.2, 0.25) is 0 Å². The van der Waals surface area contributed by atoms with E-state index in [2.05, 4.69) is 48.0 Å². The lowest BCUT2D eigenvalue weighted by Gasteiger charge is -2.28. The average Bonchev–Trinajstić information content (AvgIpc) is 3.56. The predicted molar refractivity (Wildman–Crippen MR) is 248 cm³/mol. The van der Waals surface area contributed by atoms with Gasteiger partial charge in [0.25, 0.3) is 10.9 Å². The maximum atomic E-state index is 13.0. The zero-order valence-corrected chi connectivity index (χ0v) is 37.9. The minimum Gasteiger partial charge on any atom is -0.412 e. The molecule has 0 saturated carbocycles. The highest BCUT2D eigenvalue weighted by atomic mass is 31.2. The molecule has 0 aliphatic carbocycles. The van der Waals surface area contributed by atoms with Crippen LogP contribution in [-0.2, 0) is 11.0 Å². The van der Waals surface area contributed by atoms with Gasteiger partial charge in [-0.1, -0.05) is 116 Å². The number of rotatable bonds is 32. The molecule has 0 radical (unpaired) electrons. The van der Waals surface area contributed by atoms with E-state index in [0.717, 1.165) is 79.9 Å². The maximum Gasteiger partial charge on any atom is 0.253 e. The normalized spacial score (nSPS) is 12.1. The standard InChI is InChI=1S/C46H76N7O4P/c1-7-9-11-12-13-14-15-16-17-18-19-20-21-22-23-30-48-40-43(45(55)44(40)54)52(33-26-31-51(3)4)32-24-25-34-57-53-39(27-10-8-2)50-41-42(53)37-29-28-36(58(5,6)56)35-38(37)49-46(41)47/h28-29,35,48H,7-27,30-34H2,1-6H3,(H2,47,49). The first kappa shape index (κ1) is 47.3. The molecule has 0 spiro atoms. The van der Waals surface area contributed by atoms with Crippen LogP contribution in [0.25, 0.3) is 21.9 Å². The van der Waals surface area contributed by atoms with E-state index in [1.54, 1.807) is 13.3 Å². The van der Waals surface area contributed by atoms with E-state index in [-0.39, 0.29) is 5.43 Å². The van der Waals surface area contributed by atoms with Crippen molar-refractivity contribution in [2.75, 3.05) is 76.2 Å². The third kappa shape index (κ3) is 14.1. The third-order valence-electron chi connectivity index (χ3n) is 11.4. The molecule has 2 heterocycles. The Morgan fingerprint density at radius 3 is 1.95 bits per heavy atom. The molecule has 11 nitrogen and oxygen atoms in total. The number of fused-ring (bicyclic) bond motifs is 3. The molecule has 0 unspecified atom stereocenters. The van der Waals surface area contributed by atoms with E-state index in [0.29, 0.717) is 54.5 Å². The highest BCUT2D eigenvalue weighted by Gasteiger charge is 2.26. The van der Waals surface area contributed by atoms with E-state index in [1.165, 1.54) is 83.5 Å². The zero-order chi connectivity index (χ0) is 41.9. The Labute approximate surface area is 348 Å². The van der Waals surface area contributed by atoms with Crippen molar-refractivity contribution >= 4 is 51.6 Å². The molecule has 58 heavy (non-hydrogen) atoms. The van der Waals surface area contributed by atoms with E-state index in [4.69, 9.17) is 15.6 Å². The number of benzene rings is 1. The number of nitrogen functional groups attached to an aromatic ring is 1. The van der Waals surface area contributed by atoms with Gasteiger partial charge in [-0.3, -0.25) is 9.59 Å². The SMILES string of the molecule is CCCCCCCCCCCCCCCCCNc1c(N(CCCCOn2c(CCCC)nc3c(N)nc4cc(P(C)(C)=O)ccc4c32)CCCN(C)C)c(=O)c1=O. The van der Waals surface area contributed by atoms with Crippen LogP contribution in [-0.4, -0.2) is 79.8 Å². The lowest BCUT2D eigenvalue weighted by atomic mass is 10.0. The van der Waals surface area contributed by atoms with Crippen LogP contribution in [0.15, 0.2) is 27.8 Å². The van der Waals surface area contributed by atoms with Crippen LogP contribution < -0.4 is 37.0 Å². The van der Waals surface area contributed by atoms with Crippen LogP contribution in [0.2, 0.25) is 0 Å². The number of unbranched alkanes of at least 4 members (excludes halogenated alkanes) is 16. The van der Waals surface area contributed by atoms with E-state index in [9.17, 15) is 14.2 Å². The first-order valence-electron chi connectivity index (χ1n) is 22.7. The summed E-state index contributed by atoms with van der Waals surface area (Å²) in [5.74, 6) is 1.13. The molecule has 0 saturated heterocycles. The van der Waals surface area contributed by atoms with E-state index < -0.39 is 12.6 Å². The Hall–Kier alpha value is -3.43. The monoisotopic (exact) mass is 822 g/mol. The minimum absolute atomic E-state index is 0.326. The Balaban J connectivity index is 1.29. The fraction of sp³-hybridized carbons (Fsp3) is 0.696. The second-order valence-electron chi connectivity index (χ2n) is 17.1. The zero-order valence-electron chi connectivity index (χ0n) is 37.0. The number of aryl methyl sites for hydroxylation is 1. The Bertz CT molecular complexity index is 1940. The number of aromatic nitrogens is 3. The summed E-state index contributed by atoms with van der Waals surface area (Å²) in [5.41, 5.74) is 8.78. The largest absolute Gasteiger partial charge is 0.412 e. The number of nitrogens with zero attached hydrogens (tertiary/aromatic N) is 5.